The zero-order valence-corrected chi connectivity index (χ0v) is 13.7. The Morgan fingerprint density at radius 3 is 2.85 bits per heavy atom. The molecule has 3 aromatic rings. The lowest BCUT2D eigenvalue weighted by Gasteiger charge is -2.39. The summed E-state index contributed by atoms with van der Waals surface area (Å²) in [5.41, 5.74) is 2.62. The lowest BCUT2D eigenvalue weighted by Crippen LogP contribution is -2.55. The topological polar surface area (TPSA) is 109 Å². The van der Waals surface area contributed by atoms with Gasteiger partial charge in [0, 0.05) is 17.7 Å². The number of nitrogens with zero attached hydrogens (tertiary/aromatic N) is 5. The molecule has 0 saturated carbocycles. The quantitative estimate of drug-likeness (QED) is 0.713. The number of nitrogens with one attached hydrogen (secondary N) is 2. The normalized spacial score (nSPS) is 18.8. The highest BCUT2D eigenvalue weighted by molar-refractivity contribution is 6.02. The molecular weight excluding hydrogens is 334 g/mol. The highest BCUT2D eigenvalue weighted by Crippen LogP contribution is 2.32. The van der Waals surface area contributed by atoms with Gasteiger partial charge in [-0.05, 0) is 0 Å². The van der Waals surface area contributed by atoms with Crippen LogP contribution in [0.4, 0.5) is 11.6 Å². The summed E-state index contributed by atoms with van der Waals surface area (Å²) in [5, 5.41) is 10.6. The second-order valence-corrected chi connectivity index (χ2v) is 6.12. The molecule has 26 heavy (non-hydrogen) atoms. The van der Waals surface area contributed by atoms with Gasteiger partial charge in [-0.2, -0.15) is 0 Å². The van der Waals surface area contributed by atoms with Crippen LogP contribution in [0.15, 0.2) is 36.8 Å². The van der Waals surface area contributed by atoms with Gasteiger partial charge in [-0.3, -0.25) is 4.79 Å². The van der Waals surface area contributed by atoms with Gasteiger partial charge in [0.1, 0.15) is 12.4 Å². The van der Waals surface area contributed by atoms with Crippen molar-refractivity contribution in [2.75, 3.05) is 30.0 Å². The van der Waals surface area contributed by atoms with E-state index >= 15 is 0 Å². The summed E-state index contributed by atoms with van der Waals surface area (Å²) in [6.45, 7) is 1.55. The summed E-state index contributed by atoms with van der Waals surface area (Å²) < 4.78 is 5.42. The summed E-state index contributed by atoms with van der Waals surface area (Å²) >= 11 is 0. The number of aromatic nitrogens is 5. The largest absolute Gasteiger partial charge is 0.377 e. The maximum absolute atomic E-state index is 12.2. The summed E-state index contributed by atoms with van der Waals surface area (Å²) in [6.07, 6.45) is 3.22. The van der Waals surface area contributed by atoms with Gasteiger partial charge in [-0.1, -0.05) is 24.3 Å². The fourth-order valence-corrected chi connectivity index (χ4v) is 3.23. The van der Waals surface area contributed by atoms with Crippen LogP contribution in [0.2, 0.25) is 0 Å². The summed E-state index contributed by atoms with van der Waals surface area (Å²) in [4.78, 5) is 26.3. The molecule has 0 aliphatic carbocycles. The Morgan fingerprint density at radius 1 is 1.19 bits per heavy atom. The Labute approximate surface area is 148 Å². The number of benzene rings is 1. The fraction of sp³-hybridized carbons (Fsp3) is 0.235. The van der Waals surface area contributed by atoms with Crippen LogP contribution in [0.3, 0.4) is 0 Å². The van der Waals surface area contributed by atoms with E-state index in [1.54, 1.807) is 12.5 Å². The first kappa shape index (κ1) is 15.0. The van der Waals surface area contributed by atoms with E-state index in [0.29, 0.717) is 37.2 Å². The Bertz CT molecular complexity index is 956. The second-order valence-electron chi connectivity index (χ2n) is 6.12. The Kier molecular flexibility index (Phi) is 3.39. The molecule has 0 spiro atoms. The van der Waals surface area contributed by atoms with Gasteiger partial charge in [0.2, 0.25) is 0 Å². The van der Waals surface area contributed by atoms with Gasteiger partial charge in [0.05, 0.1) is 25.1 Å². The first-order chi connectivity index (χ1) is 12.8. The number of amides is 1. The lowest BCUT2D eigenvalue weighted by molar-refractivity contribution is -0.120. The third kappa shape index (κ3) is 2.40. The van der Waals surface area contributed by atoms with Crippen LogP contribution in [0.25, 0.3) is 22.6 Å². The Morgan fingerprint density at radius 2 is 2.04 bits per heavy atom. The molecule has 2 aliphatic heterocycles. The van der Waals surface area contributed by atoms with E-state index in [2.05, 4.69) is 25.5 Å². The van der Waals surface area contributed by atoms with Crippen molar-refractivity contribution < 1.29 is 9.53 Å². The number of ether oxygens (including phenoxy) is 1. The maximum Gasteiger partial charge on any atom is 0.250 e. The Hall–Kier alpha value is -3.33. The van der Waals surface area contributed by atoms with Crippen molar-refractivity contribution in [2.45, 2.75) is 6.04 Å². The molecule has 130 valence electrons. The van der Waals surface area contributed by atoms with Crippen LogP contribution in [0.1, 0.15) is 0 Å². The van der Waals surface area contributed by atoms with Crippen LogP contribution < -0.4 is 10.2 Å². The van der Waals surface area contributed by atoms with E-state index in [1.165, 1.54) is 0 Å². The van der Waals surface area contributed by atoms with E-state index in [-0.39, 0.29) is 11.9 Å². The van der Waals surface area contributed by atoms with E-state index in [1.807, 2.05) is 29.2 Å². The van der Waals surface area contributed by atoms with Crippen LogP contribution >= 0.6 is 0 Å². The SMILES string of the molecule is O=C1Nc2ncc(-c3ccc(-c4nnc[nH]4)cc3)nc2N2CCOCC12. The number of rotatable bonds is 2. The number of hydrogen-bond acceptors (Lipinski definition) is 7. The molecule has 1 unspecified atom stereocenters. The predicted molar refractivity (Wildman–Crippen MR) is 93.4 cm³/mol. The molecule has 9 heteroatoms. The number of anilines is 2. The first-order valence-electron chi connectivity index (χ1n) is 8.29. The van der Waals surface area contributed by atoms with Gasteiger partial charge in [-0.25, -0.2) is 9.97 Å². The van der Waals surface area contributed by atoms with E-state index in [9.17, 15) is 4.79 Å². The number of carbonyl (C=O) groups excluding carboxylic acids is 1. The number of carbonyl (C=O) groups is 1. The van der Waals surface area contributed by atoms with Gasteiger partial charge < -0.3 is 19.9 Å². The first-order valence-corrected chi connectivity index (χ1v) is 8.29. The molecule has 2 aromatic heterocycles. The molecule has 0 radical (unpaired) electrons. The lowest BCUT2D eigenvalue weighted by atomic mass is 10.1. The van der Waals surface area contributed by atoms with Crippen molar-refractivity contribution in [3.05, 3.63) is 36.8 Å². The standard InChI is InChI=1S/C17H15N7O2/c25-17-13-8-26-6-5-24(13)16-15(22-17)18-7-12(21-16)10-1-3-11(4-2-10)14-19-9-20-23-14/h1-4,7,9,13H,5-6,8H2,(H,18,22,25)(H,19,20,23). The highest BCUT2D eigenvalue weighted by Gasteiger charge is 2.37. The molecule has 1 aromatic carbocycles. The van der Waals surface area contributed by atoms with Crippen LogP contribution in [0.5, 0.6) is 0 Å². The second kappa shape index (κ2) is 5.88. The fourth-order valence-electron chi connectivity index (χ4n) is 3.23. The van der Waals surface area contributed by atoms with Crippen LogP contribution in [-0.4, -0.2) is 56.9 Å². The summed E-state index contributed by atoms with van der Waals surface area (Å²) in [5.74, 6) is 1.80. The molecule has 2 aliphatic rings. The molecule has 9 nitrogen and oxygen atoms in total. The monoisotopic (exact) mass is 349 g/mol. The Balaban J connectivity index is 1.50. The van der Waals surface area contributed by atoms with Crippen molar-refractivity contribution in [3.8, 4) is 22.6 Å². The zero-order chi connectivity index (χ0) is 17.5. The van der Waals surface area contributed by atoms with Gasteiger partial charge in [-0.15, -0.1) is 10.2 Å². The number of H-pyrrole nitrogens is 1. The highest BCUT2D eigenvalue weighted by atomic mass is 16.5. The van der Waals surface area contributed by atoms with Crippen LogP contribution in [-0.2, 0) is 9.53 Å². The van der Waals surface area contributed by atoms with Crippen molar-refractivity contribution in [2.24, 2.45) is 0 Å². The molecule has 1 atom stereocenters. The summed E-state index contributed by atoms with van der Waals surface area (Å²) in [6, 6.07) is 7.49. The molecule has 1 saturated heterocycles. The van der Waals surface area contributed by atoms with Gasteiger partial charge in [0.25, 0.3) is 5.91 Å². The number of aromatic amines is 1. The molecule has 4 heterocycles. The summed E-state index contributed by atoms with van der Waals surface area (Å²) in [7, 11) is 0. The van der Waals surface area contributed by atoms with Crippen LogP contribution in [0, 0.1) is 0 Å². The minimum atomic E-state index is -0.352. The van der Waals surface area contributed by atoms with E-state index in [0.717, 1.165) is 16.8 Å². The third-order valence-electron chi connectivity index (χ3n) is 4.57. The van der Waals surface area contributed by atoms with Gasteiger partial charge >= 0.3 is 0 Å². The van der Waals surface area contributed by atoms with E-state index in [4.69, 9.17) is 9.72 Å². The molecule has 5 rings (SSSR count). The van der Waals surface area contributed by atoms with E-state index < -0.39 is 0 Å². The number of fused-ring (bicyclic) bond motifs is 3. The molecule has 1 amide bonds. The molecule has 2 N–H and O–H groups in total. The maximum atomic E-state index is 12.2. The van der Waals surface area contributed by atoms with Crippen molar-refractivity contribution >= 4 is 17.5 Å². The molecule has 0 bridgehead atoms. The molecule has 1 fully saturated rings. The predicted octanol–water partition coefficient (Wildman–Crippen LogP) is 1.09. The number of hydrogen-bond donors (Lipinski definition) is 2. The zero-order valence-electron chi connectivity index (χ0n) is 13.7. The van der Waals surface area contributed by atoms with Gasteiger partial charge in [0.15, 0.2) is 17.5 Å². The smallest absolute Gasteiger partial charge is 0.250 e. The third-order valence-corrected chi connectivity index (χ3v) is 4.57. The van der Waals surface area contributed by atoms with Crippen molar-refractivity contribution in [3.63, 3.8) is 0 Å². The minimum absolute atomic E-state index is 0.101. The number of morpholine rings is 1. The minimum Gasteiger partial charge on any atom is -0.377 e. The van der Waals surface area contributed by atoms with Crippen molar-refractivity contribution in [1.82, 2.24) is 25.1 Å². The average molecular weight is 349 g/mol. The average Bonchev–Trinajstić information content (AvgIpc) is 3.23. The molecular formula is C17H15N7O2. The van der Waals surface area contributed by atoms with Crippen molar-refractivity contribution in [1.29, 1.82) is 0 Å².